The molecule has 4 heteroatoms. The van der Waals surface area contributed by atoms with Gasteiger partial charge in [0.25, 0.3) is 6.71 Å². The number of thiophene rings is 1. The van der Waals surface area contributed by atoms with Crippen LogP contribution in [0.1, 0.15) is 121 Å². The fourth-order valence-corrected chi connectivity index (χ4v) is 11.4. The third-order valence-corrected chi connectivity index (χ3v) is 14.7. The van der Waals surface area contributed by atoms with Gasteiger partial charge in [-0.3, -0.25) is 0 Å². The third-order valence-electron chi connectivity index (χ3n) is 13.5. The summed E-state index contributed by atoms with van der Waals surface area (Å²) in [5.74, 6) is 0.880. The average Bonchev–Trinajstić information content (AvgIpc) is 3.85. The molecule has 0 unspecified atom stereocenters. The van der Waals surface area contributed by atoms with E-state index in [-0.39, 0.29) is 17.5 Å². The Labute approximate surface area is 357 Å². The Morgan fingerprint density at radius 2 is 1.22 bits per heavy atom. The monoisotopic (exact) mass is 788 g/mol. The van der Waals surface area contributed by atoms with Gasteiger partial charge < -0.3 is 9.80 Å². The molecule has 0 saturated heterocycles. The Balaban J connectivity index is 1.30. The Morgan fingerprint density at radius 1 is 0.576 bits per heavy atom. The molecule has 2 nitrogen and oxygen atoms in total. The number of aryl methyl sites for hydroxylation is 1. The van der Waals surface area contributed by atoms with E-state index in [1.54, 1.807) is 0 Å². The van der Waals surface area contributed by atoms with Crippen molar-refractivity contribution in [1.29, 1.82) is 0 Å². The Hall–Kier alpha value is -5.06. The highest BCUT2D eigenvalue weighted by Crippen LogP contribution is 2.51. The molecular formula is C55H57BN2S. The first kappa shape index (κ1) is 38.2. The highest BCUT2D eigenvalue weighted by Gasteiger charge is 2.45. The minimum Gasteiger partial charge on any atom is -0.311 e. The topological polar surface area (TPSA) is 6.48 Å². The summed E-state index contributed by atoms with van der Waals surface area (Å²) in [5.41, 5.74) is 21.8. The van der Waals surface area contributed by atoms with Crippen molar-refractivity contribution in [3.8, 4) is 11.1 Å². The van der Waals surface area contributed by atoms with Gasteiger partial charge in [0, 0.05) is 43.2 Å². The Kier molecular flexibility index (Phi) is 8.89. The summed E-state index contributed by atoms with van der Waals surface area (Å²) in [4.78, 5) is 5.25. The molecule has 0 radical (unpaired) electrons. The zero-order valence-corrected chi connectivity index (χ0v) is 37.4. The molecule has 10 rings (SSSR count). The number of hydrogen-bond acceptors (Lipinski definition) is 3. The third kappa shape index (κ3) is 6.11. The maximum Gasteiger partial charge on any atom is 0.264 e. The fraction of sp³-hybridized carbons (Fsp3) is 0.309. The number of hydrogen-bond donors (Lipinski definition) is 0. The molecule has 2 aliphatic heterocycles. The van der Waals surface area contributed by atoms with Gasteiger partial charge in [0.1, 0.15) is 0 Å². The first-order chi connectivity index (χ1) is 28.2. The van der Waals surface area contributed by atoms with Crippen molar-refractivity contribution in [2.24, 2.45) is 0 Å². The summed E-state index contributed by atoms with van der Waals surface area (Å²) >= 11 is 2.00. The van der Waals surface area contributed by atoms with E-state index in [1.165, 1.54) is 117 Å². The van der Waals surface area contributed by atoms with Crippen LogP contribution in [0.2, 0.25) is 0 Å². The van der Waals surface area contributed by atoms with Crippen LogP contribution in [0.4, 0.5) is 34.1 Å². The normalized spacial score (nSPS) is 14.6. The molecule has 3 aliphatic rings. The molecule has 1 aliphatic carbocycles. The van der Waals surface area contributed by atoms with Gasteiger partial charge in [-0.25, -0.2) is 0 Å². The van der Waals surface area contributed by atoms with Crippen LogP contribution in [0.15, 0.2) is 115 Å². The van der Waals surface area contributed by atoms with Crippen molar-refractivity contribution in [1.82, 2.24) is 0 Å². The smallest absolute Gasteiger partial charge is 0.264 e. The van der Waals surface area contributed by atoms with E-state index in [9.17, 15) is 0 Å². The van der Waals surface area contributed by atoms with Gasteiger partial charge in [0.2, 0.25) is 0 Å². The zero-order valence-electron chi connectivity index (χ0n) is 36.6. The van der Waals surface area contributed by atoms with Crippen LogP contribution < -0.4 is 25.5 Å². The molecule has 0 atom stereocenters. The van der Waals surface area contributed by atoms with Crippen LogP contribution in [0, 0.1) is 0 Å². The lowest BCUT2D eigenvalue weighted by atomic mass is 9.36. The number of nitrogens with zero attached hydrogens (tertiary/aromatic N) is 2. The van der Waals surface area contributed by atoms with Crippen molar-refractivity contribution < 1.29 is 0 Å². The average molecular weight is 789 g/mol. The van der Waals surface area contributed by atoms with Crippen molar-refractivity contribution in [3.05, 3.63) is 149 Å². The first-order valence-corrected chi connectivity index (χ1v) is 22.8. The predicted molar refractivity (Wildman–Crippen MR) is 259 cm³/mol. The van der Waals surface area contributed by atoms with Crippen LogP contribution in [0.3, 0.4) is 0 Å². The van der Waals surface area contributed by atoms with Crippen molar-refractivity contribution in [2.75, 3.05) is 9.80 Å². The lowest BCUT2D eigenvalue weighted by molar-refractivity contribution is 0.590. The van der Waals surface area contributed by atoms with Crippen LogP contribution >= 0.6 is 11.3 Å². The minimum absolute atomic E-state index is 0.0181. The second-order valence-corrected chi connectivity index (χ2v) is 21.2. The first-order valence-electron chi connectivity index (χ1n) is 22.0. The van der Waals surface area contributed by atoms with Crippen LogP contribution in [0.25, 0.3) is 21.2 Å². The van der Waals surface area contributed by atoms with Gasteiger partial charge in [-0.15, -0.1) is 11.3 Å². The summed E-state index contributed by atoms with van der Waals surface area (Å²) in [6.07, 6.45) is 3.53. The second kappa shape index (κ2) is 13.7. The van der Waals surface area contributed by atoms with E-state index < -0.39 is 0 Å². The molecule has 0 spiro atoms. The highest BCUT2D eigenvalue weighted by molar-refractivity contribution is 7.33. The number of fused-ring (bicyclic) bond motifs is 7. The molecular weight excluding hydrogens is 731 g/mol. The van der Waals surface area contributed by atoms with E-state index >= 15 is 0 Å². The molecule has 0 amide bonds. The molecule has 59 heavy (non-hydrogen) atoms. The lowest BCUT2D eigenvalue weighted by Gasteiger charge is -2.44. The van der Waals surface area contributed by atoms with E-state index in [1.807, 2.05) is 11.3 Å². The number of benzene rings is 6. The molecule has 0 bridgehead atoms. The summed E-state index contributed by atoms with van der Waals surface area (Å²) in [6.45, 7) is 23.4. The molecule has 6 aromatic carbocycles. The maximum atomic E-state index is 2.64. The summed E-state index contributed by atoms with van der Waals surface area (Å²) in [7, 11) is 0. The van der Waals surface area contributed by atoms with E-state index in [4.69, 9.17) is 0 Å². The highest BCUT2D eigenvalue weighted by atomic mass is 32.1. The van der Waals surface area contributed by atoms with Crippen molar-refractivity contribution >= 4 is 78.0 Å². The molecule has 296 valence electrons. The van der Waals surface area contributed by atoms with Crippen LogP contribution in [-0.2, 0) is 23.7 Å². The van der Waals surface area contributed by atoms with Crippen LogP contribution in [0.5, 0.6) is 0 Å². The summed E-state index contributed by atoms with van der Waals surface area (Å²) in [5, 5.41) is 1.35. The van der Waals surface area contributed by atoms with Crippen molar-refractivity contribution in [2.45, 2.75) is 111 Å². The largest absolute Gasteiger partial charge is 0.311 e. The number of rotatable bonds is 5. The summed E-state index contributed by atoms with van der Waals surface area (Å²) < 4.78 is 2.79. The lowest BCUT2D eigenvalue weighted by Crippen LogP contribution is -2.60. The Morgan fingerprint density at radius 3 is 1.93 bits per heavy atom. The molecule has 0 fully saturated rings. The van der Waals surface area contributed by atoms with Crippen molar-refractivity contribution in [3.63, 3.8) is 0 Å². The second-order valence-electron chi connectivity index (χ2n) is 20.1. The van der Waals surface area contributed by atoms with Gasteiger partial charge in [0.05, 0.1) is 11.4 Å². The maximum absolute atomic E-state index is 2.64. The SMILES string of the molecule is CC(C)c1ccc(N2c3cccc4c3B(c3cc(C(C)C)ccc3N4c3ccc(C(C)(C)C)cc3-c3cccc4c3CCC4)c3sc4ccc(C(C)(C)C)cc4c32)cc1. The molecule has 0 saturated carbocycles. The molecule has 3 heterocycles. The summed E-state index contributed by atoms with van der Waals surface area (Å²) in [6, 6.07) is 45.6. The van der Waals surface area contributed by atoms with E-state index in [2.05, 4.69) is 194 Å². The Bertz CT molecular complexity index is 2790. The van der Waals surface area contributed by atoms with E-state index in [0.29, 0.717) is 11.8 Å². The van der Waals surface area contributed by atoms with E-state index in [0.717, 1.165) is 6.42 Å². The van der Waals surface area contributed by atoms with Gasteiger partial charge in [0.15, 0.2) is 0 Å². The van der Waals surface area contributed by atoms with Gasteiger partial charge in [-0.2, -0.15) is 0 Å². The predicted octanol–water partition coefficient (Wildman–Crippen LogP) is 14.0. The van der Waals surface area contributed by atoms with Crippen LogP contribution in [-0.4, -0.2) is 6.71 Å². The molecule has 7 aromatic rings. The number of anilines is 6. The fourth-order valence-electron chi connectivity index (χ4n) is 10.1. The quantitative estimate of drug-likeness (QED) is 0.160. The zero-order chi connectivity index (χ0) is 41.1. The molecule has 0 N–H and O–H groups in total. The van der Waals surface area contributed by atoms with Gasteiger partial charge in [-0.05, 0) is 146 Å². The van der Waals surface area contributed by atoms with Gasteiger partial charge in [-0.1, -0.05) is 130 Å². The van der Waals surface area contributed by atoms with Gasteiger partial charge >= 0.3 is 0 Å². The molecule has 1 aromatic heterocycles. The standard InChI is InChI=1S/C55H57BN2S/c1-33(2)35-20-25-40(26-21-35)57-48-18-13-19-49-51(48)56(53-52(57)44-32-39(55(8,9)10)24-29-50(44)59-53)45-30-37(34(3)4)22-27-47(45)58(49)46-28-23-38(54(5,6)7)31-43(46)42-17-12-15-36-14-11-16-41(36)42/h12-13,15,17-34H,11,14,16H2,1-10H3. The minimum atomic E-state index is 0.0181.